The number of amides is 2. The van der Waals surface area contributed by atoms with Crippen molar-refractivity contribution in [1.82, 2.24) is 9.88 Å². The van der Waals surface area contributed by atoms with Crippen LogP contribution in [0, 0.1) is 11.6 Å². The van der Waals surface area contributed by atoms with Crippen molar-refractivity contribution in [3.05, 3.63) is 59.9 Å². The Morgan fingerprint density at radius 1 is 1.07 bits per heavy atom. The van der Waals surface area contributed by atoms with Gasteiger partial charge in [0.1, 0.15) is 12.2 Å². The van der Waals surface area contributed by atoms with Crippen LogP contribution in [0.5, 0.6) is 0 Å². The van der Waals surface area contributed by atoms with Crippen molar-refractivity contribution in [3.63, 3.8) is 0 Å². The maximum Gasteiger partial charge on any atom is 0.259 e. The second-order valence-electron chi connectivity index (χ2n) is 7.41. The maximum atomic E-state index is 14.0. The number of rotatable bonds is 2. The predicted octanol–water partition coefficient (Wildman–Crippen LogP) is 2.79. The van der Waals surface area contributed by atoms with Gasteiger partial charge in [-0.15, -0.1) is 0 Å². The molecule has 8 heteroatoms. The topological polar surface area (TPSA) is 62.7 Å². The summed E-state index contributed by atoms with van der Waals surface area (Å²) in [5.41, 5.74) is -0.367. The molecule has 2 fully saturated rings. The van der Waals surface area contributed by atoms with Gasteiger partial charge < -0.3 is 14.5 Å². The van der Waals surface area contributed by atoms with Crippen molar-refractivity contribution >= 4 is 17.5 Å². The van der Waals surface area contributed by atoms with Gasteiger partial charge in [0.05, 0.1) is 24.5 Å². The quantitative estimate of drug-likeness (QED) is 0.777. The zero-order valence-electron chi connectivity index (χ0n) is 15.8. The highest BCUT2D eigenvalue weighted by atomic mass is 19.1. The summed E-state index contributed by atoms with van der Waals surface area (Å²) in [7, 11) is 0. The zero-order chi connectivity index (χ0) is 20.4. The number of aromatic nitrogens is 1. The Bertz CT molecular complexity index is 904. The minimum absolute atomic E-state index is 0.0313. The number of para-hydroxylation sites is 1. The number of likely N-dealkylation sites (tertiary alicyclic amines) is 1. The molecule has 2 saturated heterocycles. The van der Waals surface area contributed by atoms with Gasteiger partial charge >= 0.3 is 0 Å². The van der Waals surface area contributed by atoms with Gasteiger partial charge in [-0.25, -0.2) is 8.78 Å². The molecule has 2 aliphatic heterocycles. The minimum atomic E-state index is -0.969. The second kappa shape index (κ2) is 7.87. The van der Waals surface area contributed by atoms with E-state index in [9.17, 15) is 18.4 Å². The standard InChI is InChI=1S/C21H21F2N3O3/c22-16-11-24-12-17(23)19(16)20(28)25-9-4-7-21(8-10-25)14-26(18(27)13-29-21)15-5-2-1-3-6-15/h1-3,5-6,11-12H,4,7-10,13-14H2. The van der Waals surface area contributed by atoms with Crippen LogP contribution in [0.2, 0.25) is 0 Å². The van der Waals surface area contributed by atoms with Gasteiger partial charge in [0, 0.05) is 18.8 Å². The van der Waals surface area contributed by atoms with Gasteiger partial charge in [-0.05, 0) is 31.4 Å². The molecule has 4 rings (SSSR count). The zero-order valence-corrected chi connectivity index (χ0v) is 15.8. The van der Waals surface area contributed by atoms with Gasteiger partial charge in [-0.1, -0.05) is 18.2 Å². The third-order valence-electron chi connectivity index (χ3n) is 5.57. The lowest BCUT2D eigenvalue weighted by molar-refractivity contribution is -0.140. The van der Waals surface area contributed by atoms with E-state index in [0.29, 0.717) is 32.4 Å². The Balaban J connectivity index is 1.51. The summed E-state index contributed by atoms with van der Waals surface area (Å²) >= 11 is 0. The molecular weight excluding hydrogens is 380 g/mol. The number of hydrogen-bond acceptors (Lipinski definition) is 4. The largest absolute Gasteiger partial charge is 0.363 e. The van der Waals surface area contributed by atoms with Gasteiger partial charge in [0.2, 0.25) is 0 Å². The molecule has 0 radical (unpaired) electrons. The molecule has 2 aromatic rings. The van der Waals surface area contributed by atoms with Crippen LogP contribution in [0.15, 0.2) is 42.7 Å². The molecule has 1 aromatic heterocycles. The Kier molecular flexibility index (Phi) is 5.27. The molecule has 0 bridgehead atoms. The van der Waals surface area contributed by atoms with Gasteiger partial charge in [0.25, 0.3) is 11.8 Å². The van der Waals surface area contributed by atoms with E-state index in [0.717, 1.165) is 18.1 Å². The van der Waals surface area contributed by atoms with E-state index in [1.54, 1.807) is 4.90 Å². The number of pyridine rings is 1. The minimum Gasteiger partial charge on any atom is -0.363 e. The lowest BCUT2D eigenvalue weighted by Crippen LogP contribution is -2.55. The van der Waals surface area contributed by atoms with Crippen LogP contribution >= 0.6 is 0 Å². The summed E-state index contributed by atoms with van der Waals surface area (Å²) < 4.78 is 33.9. The molecule has 3 heterocycles. The molecular formula is C21H21F2N3O3. The number of halogens is 2. The van der Waals surface area contributed by atoms with Crippen molar-refractivity contribution in [2.75, 3.05) is 31.1 Å². The first kappa shape index (κ1) is 19.4. The van der Waals surface area contributed by atoms with E-state index in [4.69, 9.17) is 4.74 Å². The fraction of sp³-hybridized carbons (Fsp3) is 0.381. The molecule has 1 unspecified atom stereocenters. The predicted molar refractivity (Wildman–Crippen MR) is 101 cm³/mol. The van der Waals surface area contributed by atoms with Crippen LogP contribution in [-0.4, -0.2) is 53.5 Å². The molecule has 2 aliphatic rings. The fourth-order valence-corrected chi connectivity index (χ4v) is 4.00. The van der Waals surface area contributed by atoms with E-state index < -0.39 is 28.7 Å². The second-order valence-corrected chi connectivity index (χ2v) is 7.41. The molecule has 0 saturated carbocycles. The number of carbonyl (C=O) groups excluding carboxylic acids is 2. The number of carbonyl (C=O) groups is 2. The van der Waals surface area contributed by atoms with E-state index in [1.165, 1.54) is 4.90 Å². The lowest BCUT2D eigenvalue weighted by Gasteiger charge is -2.42. The van der Waals surface area contributed by atoms with Crippen LogP contribution in [0.1, 0.15) is 29.6 Å². The highest BCUT2D eigenvalue weighted by molar-refractivity contribution is 5.95. The van der Waals surface area contributed by atoms with Crippen LogP contribution in [0.3, 0.4) is 0 Å². The Labute approximate surface area is 167 Å². The Morgan fingerprint density at radius 3 is 2.52 bits per heavy atom. The summed E-state index contributed by atoms with van der Waals surface area (Å²) in [5, 5.41) is 0. The maximum absolute atomic E-state index is 14.0. The van der Waals surface area contributed by atoms with Crippen LogP contribution in [0.4, 0.5) is 14.5 Å². The monoisotopic (exact) mass is 401 g/mol. The van der Waals surface area contributed by atoms with Crippen molar-refractivity contribution in [2.45, 2.75) is 24.9 Å². The summed E-state index contributed by atoms with van der Waals surface area (Å²) in [6, 6.07) is 9.37. The number of nitrogens with zero attached hydrogens (tertiary/aromatic N) is 3. The number of morpholine rings is 1. The van der Waals surface area contributed by atoms with Crippen molar-refractivity contribution in [3.8, 4) is 0 Å². The highest BCUT2D eigenvalue weighted by Gasteiger charge is 2.42. The number of benzene rings is 1. The summed E-state index contributed by atoms with van der Waals surface area (Å²) in [6.07, 6.45) is 3.40. The first-order valence-corrected chi connectivity index (χ1v) is 9.57. The van der Waals surface area contributed by atoms with E-state index in [-0.39, 0.29) is 19.1 Å². The van der Waals surface area contributed by atoms with Crippen molar-refractivity contribution in [1.29, 1.82) is 0 Å². The average Bonchev–Trinajstić information content (AvgIpc) is 2.93. The molecule has 1 atom stereocenters. The van der Waals surface area contributed by atoms with Gasteiger partial charge in [-0.2, -0.15) is 0 Å². The van der Waals surface area contributed by atoms with Crippen LogP contribution in [-0.2, 0) is 9.53 Å². The molecule has 6 nitrogen and oxygen atoms in total. The first-order valence-electron chi connectivity index (χ1n) is 9.57. The number of hydrogen-bond donors (Lipinski definition) is 0. The van der Waals surface area contributed by atoms with E-state index >= 15 is 0 Å². The number of anilines is 1. The Morgan fingerprint density at radius 2 is 1.79 bits per heavy atom. The molecule has 1 spiro atoms. The van der Waals surface area contributed by atoms with Crippen molar-refractivity contribution < 1.29 is 23.1 Å². The number of ether oxygens (including phenoxy) is 1. The molecule has 29 heavy (non-hydrogen) atoms. The molecule has 152 valence electrons. The lowest BCUT2D eigenvalue weighted by atomic mass is 9.92. The van der Waals surface area contributed by atoms with Gasteiger partial charge in [0.15, 0.2) is 11.6 Å². The van der Waals surface area contributed by atoms with E-state index in [1.807, 2.05) is 30.3 Å². The van der Waals surface area contributed by atoms with Crippen molar-refractivity contribution in [2.24, 2.45) is 0 Å². The van der Waals surface area contributed by atoms with Crippen LogP contribution in [0.25, 0.3) is 0 Å². The average molecular weight is 401 g/mol. The van der Waals surface area contributed by atoms with E-state index in [2.05, 4.69) is 4.98 Å². The normalized spacial score (nSPS) is 22.6. The molecule has 0 aliphatic carbocycles. The first-order chi connectivity index (χ1) is 14.0. The fourth-order valence-electron chi connectivity index (χ4n) is 4.00. The molecule has 0 N–H and O–H groups in total. The Hall–Kier alpha value is -2.87. The van der Waals surface area contributed by atoms with Crippen LogP contribution < -0.4 is 4.90 Å². The third kappa shape index (κ3) is 3.85. The summed E-state index contributed by atoms with van der Waals surface area (Å²) in [6.45, 7) is 1.01. The molecule has 1 aromatic carbocycles. The third-order valence-corrected chi connectivity index (χ3v) is 5.57. The molecule has 2 amide bonds. The van der Waals surface area contributed by atoms with Gasteiger partial charge in [-0.3, -0.25) is 14.6 Å². The SMILES string of the molecule is O=C(c1c(F)cncc1F)N1CCCC2(CC1)CN(c1ccccc1)C(=O)CO2. The highest BCUT2D eigenvalue weighted by Crippen LogP contribution is 2.33. The smallest absolute Gasteiger partial charge is 0.259 e. The summed E-state index contributed by atoms with van der Waals surface area (Å²) in [5.74, 6) is -2.74. The summed E-state index contributed by atoms with van der Waals surface area (Å²) in [4.78, 5) is 31.7.